The van der Waals surface area contributed by atoms with Gasteiger partial charge in [0.25, 0.3) is 5.91 Å². The second kappa shape index (κ2) is 9.03. The van der Waals surface area contributed by atoms with Gasteiger partial charge in [-0.15, -0.1) is 0 Å². The van der Waals surface area contributed by atoms with Crippen LogP contribution in [0.5, 0.6) is 23.0 Å². The zero-order valence-electron chi connectivity index (χ0n) is 17.3. The molecule has 2 heterocycles. The average Bonchev–Trinajstić information content (AvgIpc) is 3.41. The summed E-state index contributed by atoms with van der Waals surface area (Å²) in [5.74, 6) is 0.185. The van der Waals surface area contributed by atoms with Crippen molar-refractivity contribution in [3.63, 3.8) is 0 Å². The highest BCUT2D eigenvalue weighted by atomic mass is 79.9. The van der Waals surface area contributed by atoms with Crippen LogP contribution in [0.2, 0.25) is 0 Å². The summed E-state index contributed by atoms with van der Waals surface area (Å²) in [7, 11) is 2.98. The third kappa shape index (κ3) is 3.83. The molecule has 9 nitrogen and oxygen atoms in total. The number of hydrogen-bond donors (Lipinski definition) is 1. The van der Waals surface area contributed by atoms with Crippen LogP contribution < -0.4 is 24.4 Å². The first-order chi connectivity index (χ1) is 15.5. The number of benzene rings is 2. The molecule has 2 aliphatic heterocycles. The fourth-order valence-corrected chi connectivity index (χ4v) is 4.19. The van der Waals surface area contributed by atoms with Gasteiger partial charge in [0.2, 0.25) is 18.3 Å². The van der Waals surface area contributed by atoms with Gasteiger partial charge in [-0.25, -0.2) is 9.82 Å². The van der Waals surface area contributed by atoms with Crippen LogP contribution in [-0.4, -0.2) is 38.8 Å². The number of fused-ring (bicyclic) bond motifs is 1. The summed E-state index contributed by atoms with van der Waals surface area (Å²) < 4.78 is 35.9. The van der Waals surface area contributed by atoms with E-state index in [0.717, 1.165) is 0 Å². The number of oxime groups is 1. The summed E-state index contributed by atoms with van der Waals surface area (Å²) in [6.07, 6.45) is 0.664. The van der Waals surface area contributed by atoms with Crippen LogP contribution >= 0.6 is 15.9 Å². The standard InChI is InChI=1S/C21H19BrFN3O6/c1-10-15(21(27)25-24-8-11-5-4-6-12(23)7-11)26-32-16(10)13-14(22)18-20(31-9-30-18)19(29-3)17(13)28-2/h4-8,10,16H,9H2,1-3H3,(H,25,27)/b24-8-/t10-,16+/m0/s1. The summed E-state index contributed by atoms with van der Waals surface area (Å²) >= 11 is 3.53. The molecule has 0 aliphatic carbocycles. The summed E-state index contributed by atoms with van der Waals surface area (Å²) in [5, 5.41) is 7.83. The number of rotatable bonds is 6. The second-order valence-electron chi connectivity index (χ2n) is 6.90. The largest absolute Gasteiger partial charge is 0.492 e. The summed E-state index contributed by atoms with van der Waals surface area (Å²) in [6.45, 7) is 1.82. The smallest absolute Gasteiger partial charge is 0.289 e. The lowest BCUT2D eigenvalue weighted by atomic mass is 9.92. The number of carbonyl (C=O) groups is 1. The molecule has 0 aromatic heterocycles. The highest BCUT2D eigenvalue weighted by Gasteiger charge is 2.42. The number of hydrogen-bond acceptors (Lipinski definition) is 8. The number of amides is 1. The van der Waals surface area contributed by atoms with Crippen molar-refractivity contribution in [2.45, 2.75) is 13.0 Å². The van der Waals surface area contributed by atoms with E-state index in [1.807, 2.05) is 0 Å². The molecule has 2 aromatic rings. The van der Waals surface area contributed by atoms with Crippen molar-refractivity contribution in [3.05, 3.63) is 45.7 Å². The maximum absolute atomic E-state index is 13.3. The van der Waals surface area contributed by atoms with Crippen molar-refractivity contribution in [1.29, 1.82) is 0 Å². The SMILES string of the molecule is COc1c2c(c(Br)c([C@@H]3ON=C(C(=O)N/N=C\c4cccc(F)c4)[C@@H]3C)c1OC)OCO2. The van der Waals surface area contributed by atoms with E-state index in [0.29, 0.717) is 38.6 Å². The number of nitrogens with zero attached hydrogens (tertiary/aromatic N) is 2. The van der Waals surface area contributed by atoms with Gasteiger partial charge >= 0.3 is 0 Å². The Morgan fingerprint density at radius 2 is 2.03 bits per heavy atom. The van der Waals surface area contributed by atoms with Gasteiger partial charge in [-0.05, 0) is 33.6 Å². The van der Waals surface area contributed by atoms with Crippen molar-refractivity contribution in [3.8, 4) is 23.0 Å². The summed E-state index contributed by atoms with van der Waals surface area (Å²) in [6, 6.07) is 5.82. The van der Waals surface area contributed by atoms with Gasteiger partial charge in [0.15, 0.2) is 23.3 Å². The maximum atomic E-state index is 13.3. The van der Waals surface area contributed by atoms with Gasteiger partial charge in [-0.2, -0.15) is 5.10 Å². The minimum atomic E-state index is -0.671. The molecule has 1 amide bonds. The van der Waals surface area contributed by atoms with Crippen molar-refractivity contribution < 1.29 is 33.0 Å². The minimum Gasteiger partial charge on any atom is -0.492 e. The fraction of sp³-hybridized carbons (Fsp3) is 0.286. The highest BCUT2D eigenvalue weighted by molar-refractivity contribution is 9.10. The molecule has 0 radical (unpaired) electrons. The molecule has 32 heavy (non-hydrogen) atoms. The third-order valence-corrected chi connectivity index (χ3v) is 5.80. The van der Waals surface area contributed by atoms with E-state index in [1.54, 1.807) is 19.1 Å². The van der Waals surface area contributed by atoms with Crippen molar-refractivity contribution >= 4 is 33.8 Å². The minimum absolute atomic E-state index is 0.0332. The van der Waals surface area contributed by atoms with E-state index >= 15 is 0 Å². The molecule has 2 aromatic carbocycles. The van der Waals surface area contributed by atoms with Crippen LogP contribution in [0.25, 0.3) is 0 Å². The highest BCUT2D eigenvalue weighted by Crippen LogP contribution is 2.57. The fourth-order valence-electron chi connectivity index (χ4n) is 3.49. The van der Waals surface area contributed by atoms with Crippen LogP contribution in [0, 0.1) is 11.7 Å². The van der Waals surface area contributed by atoms with E-state index in [-0.39, 0.29) is 12.5 Å². The Morgan fingerprint density at radius 1 is 1.28 bits per heavy atom. The molecule has 0 unspecified atom stereocenters. The number of carbonyl (C=O) groups excluding carboxylic acids is 1. The Bertz CT molecular complexity index is 1120. The molecule has 1 N–H and O–H groups in total. The molecule has 0 bridgehead atoms. The van der Waals surface area contributed by atoms with Crippen molar-refractivity contribution in [1.82, 2.24) is 5.43 Å². The number of ether oxygens (including phenoxy) is 4. The van der Waals surface area contributed by atoms with E-state index in [4.69, 9.17) is 23.8 Å². The lowest BCUT2D eigenvalue weighted by molar-refractivity contribution is -0.115. The zero-order chi connectivity index (χ0) is 22.8. The van der Waals surface area contributed by atoms with Gasteiger partial charge in [0, 0.05) is 0 Å². The Kier molecular flexibility index (Phi) is 6.17. The van der Waals surface area contributed by atoms with Crippen LogP contribution in [0.4, 0.5) is 4.39 Å². The van der Waals surface area contributed by atoms with Crippen LogP contribution in [-0.2, 0) is 9.63 Å². The number of nitrogens with one attached hydrogen (secondary N) is 1. The molecule has 2 atom stereocenters. The van der Waals surface area contributed by atoms with E-state index in [9.17, 15) is 9.18 Å². The Balaban J connectivity index is 1.56. The lowest BCUT2D eigenvalue weighted by Crippen LogP contribution is -2.31. The van der Waals surface area contributed by atoms with Crippen molar-refractivity contribution in [2.24, 2.45) is 16.2 Å². The number of halogens is 2. The Morgan fingerprint density at radius 3 is 2.75 bits per heavy atom. The van der Waals surface area contributed by atoms with E-state index < -0.39 is 23.7 Å². The van der Waals surface area contributed by atoms with Gasteiger partial charge in [0.05, 0.1) is 36.4 Å². The monoisotopic (exact) mass is 507 g/mol. The molecule has 11 heteroatoms. The normalized spacial score (nSPS) is 19.0. The molecule has 0 spiro atoms. The predicted octanol–water partition coefficient (Wildman–Crippen LogP) is 3.55. The summed E-state index contributed by atoms with van der Waals surface area (Å²) in [4.78, 5) is 18.2. The molecule has 168 valence electrons. The van der Waals surface area contributed by atoms with Crippen LogP contribution in [0.15, 0.2) is 39.0 Å². The summed E-state index contributed by atoms with van der Waals surface area (Å²) in [5.41, 5.74) is 3.59. The zero-order valence-corrected chi connectivity index (χ0v) is 18.9. The first-order valence-corrected chi connectivity index (χ1v) is 10.3. The first kappa shape index (κ1) is 21.9. The molecular formula is C21H19BrFN3O6. The Hall–Kier alpha value is -3.34. The average molecular weight is 508 g/mol. The van der Waals surface area contributed by atoms with Crippen molar-refractivity contribution in [2.75, 3.05) is 21.0 Å². The topological polar surface area (TPSA) is 100.0 Å². The number of hydrazone groups is 1. The van der Waals surface area contributed by atoms with Crippen LogP contribution in [0.1, 0.15) is 24.2 Å². The lowest BCUT2D eigenvalue weighted by Gasteiger charge is -2.22. The first-order valence-electron chi connectivity index (χ1n) is 9.51. The molecule has 0 saturated heterocycles. The molecular weight excluding hydrogens is 489 g/mol. The number of methoxy groups -OCH3 is 2. The van der Waals surface area contributed by atoms with Crippen LogP contribution in [0.3, 0.4) is 0 Å². The molecule has 0 fully saturated rings. The quantitative estimate of drug-likeness (QED) is 0.474. The van der Waals surface area contributed by atoms with Gasteiger partial charge in [0.1, 0.15) is 5.82 Å². The van der Waals surface area contributed by atoms with E-state index in [2.05, 4.69) is 31.6 Å². The van der Waals surface area contributed by atoms with Gasteiger partial charge < -0.3 is 23.8 Å². The van der Waals surface area contributed by atoms with Gasteiger partial charge in [-0.3, -0.25) is 4.79 Å². The molecule has 0 saturated carbocycles. The molecule has 4 rings (SSSR count). The third-order valence-electron chi connectivity index (χ3n) is 5.01. The Labute approximate surface area is 191 Å². The maximum Gasteiger partial charge on any atom is 0.289 e. The predicted molar refractivity (Wildman–Crippen MR) is 116 cm³/mol. The second-order valence-corrected chi connectivity index (χ2v) is 7.70. The van der Waals surface area contributed by atoms with Gasteiger partial charge in [-0.1, -0.05) is 24.2 Å². The van der Waals surface area contributed by atoms with E-state index in [1.165, 1.54) is 32.6 Å². The molecule has 2 aliphatic rings.